The number of sulfonamides is 1. The van der Waals surface area contributed by atoms with Crippen LogP contribution in [-0.4, -0.2) is 46.1 Å². The van der Waals surface area contributed by atoms with Crippen molar-refractivity contribution in [3.05, 3.63) is 64.7 Å². The van der Waals surface area contributed by atoms with E-state index in [4.69, 9.17) is 16.3 Å². The third-order valence-electron chi connectivity index (χ3n) is 4.70. The summed E-state index contributed by atoms with van der Waals surface area (Å²) in [4.78, 5) is 2.56. The van der Waals surface area contributed by atoms with E-state index in [-0.39, 0.29) is 11.0 Å². The normalized spacial score (nSPS) is 18.5. The fourth-order valence-corrected chi connectivity index (χ4v) is 4.80. The molecule has 0 aromatic heterocycles. The molecule has 0 unspecified atom stereocenters. The summed E-state index contributed by atoms with van der Waals surface area (Å²) in [6.45, 7) is 5.36. The smallest absolute Gasteiger partial charge is 0.240 e. The Morgan fingerprint density at radius 2 is 2.00 bits per heavy atom. The first kappa shape index (κ1) is 20.3. The first-order valence-electron chi connectivity index (χ1n) is 9.10. The van der Waals surface area contributed by atoms with Crippen LogP contribution in [0.2, 0.25) is 5.02 Å². The van der Waals surface area contributed by atoms with Crippen LogP contribution in [-0.2, 0) is 14.8 Å². The van der Waals surface area contributed by atoms with E-state index < -0.39 is 10.0 Å². The van der Waals surface area contributed by atoms with Gasteiger partial charge in [-0.05, 0) is 43.1 Å². The zero-order valence-electron chi connectivity index (χ0n) is 15.4. The molecular formula is C20H25ClN2O3S. The van der Waals surface area contributed by atoms with Gasteiger partial charge in [0.05, 0.1) is 17.6 Å². The summed E-state index contributed by atoms with van der Waals surface area (Å²) >= 11 is 5.94. The Hall–Kier alpha value is -1.44. The van der Waals surface area contributed by atoms with Crippen molar-refractivity contribution < 1.29 is 13.2 Å². The first-order chi connectivity index (χ1) is 13.0. The van der Waals surface area contributed by atoms with E-state index in [1.54, 1.807) is 19.1 Å². The lowest BCUT2D eigenvalue weighted by Gasteiger charge is -2.33. The molecule has 0 amide bonds. The van der Waals surface area contributed by atoms with Crippen LogP contribution in [0.25, 0.3) is 0 Å². The molecule has 2 aromatic rings. The van der Waals surface area contributed by atoms with E-state index in [0.717, 1.165) is 26.1 Å². The largest absolute Gasteiger partial charge is 0.371 e. The average Bonchev–Trinajstić information content (AvgIpc) is 2.68. The fourth-order valence-electron chi connectivity index (χ4n) is 3.23. The molecule has 1 aliphatic rings. The predicted molar refractivity (Wildman–Crippen MR) is 108 cm³/mol. The highest BCUT2D eigenvalue weighted by Crippen LogP contribution is 2.22. The van der Waals surface area contributed by atoms with E-state index in [1.165, 1.54) is 11.6 Å². The molecule has 0 saturated carbocycles. The highest BCUT2D eigenvalue weighted by atomic mass is 35.5. The zero-order chi connectivity index (χ0) is 19.3. The predicted octanol–water partition coefficient (Wildman–Crippen LogP) is 3.39. The summed E-state index contributed by atoms with van der Waals surface area (Å²) < 4.78 is 33.5. The molecule has 0 radical (unpaired) electrons. The van der Waals surface area contributed by atoms with Crippen molar-refractivity contribution in [2.75, 3.05) is 32.8 Å². The summed E-state index contributed by atoms with van der Waals surface area (Å²) in [6.07, 6.45) is 0.811. The van der Waals surface area contributed by atoms with Crippen LogP contribution >= 0.6 is 11.6 Å². The van der Waals surface area contributed by atoms with Crippen molar-refractivity contribution in [2.45, 2.75) is 24.3 Å². The van der Waals surface area contributed by atoms with Gasteiger partial charge in [-0.15, -0.1) is 0 Å². The molecule has 27 heavy (non-hydrogen) atoms. The first-order valence-corrected chi connectivity index (χ1v) is 11.0. The number of hydrogen-bond acceptors (Lipinski definition) is 4. The Labute approximate surface area is 166 Å². The molecule has 1 heterocycles. The summed E-state index contributed by atoms with van der Waals surface area (Å²) in [7, 11) is -3.55. The molecule has 5 nitrogen and oxygen atoms in total. The second kappa shape index (κ2) is 9.17. The maximum atomic E-state index is 12.5. The van der Waals surface area contributed by atoms with Crippen LogP contribution in [0.5, 0.6) is 0 Å². The molecular weight excluding hydrogens is 384 g/mol. The maximum absolute atomic E-state index is 12.5. The summed E-state index contributed by atoms with van der Waals surface area (Å²) in [6, 6.07) is 15.1. The molecule has 0 bridgehead atoms. The molecule has 0 spiro atoms. The van der Waals surface area contributed by atoms with Crippen LogP contribution in [0.1, 0.15) is 23.7 Å². The quantitative estimate of drug-likeness (QED) is 0.713. The lowest BCUT2D eigenvalue weighted by molar-refractivity contribution is -0.0300. The minimum atomic E-state index is -3.55. The van der Waals surface area contributed by atoms with Gasteiger partial charge in [-0.1, -0.05) is 48.0 Å². The average molecular weight is 409 g/mol. The Kier molecular flexibility index (Phi) is 6.89. The molecule has 1 atom stereocenters. The third-order valence-corrected chi connectivity index (χ3v) is 6.54. The summed E-state index contributed by atoms with van der Waals surface area (Å²) in [5.74, 6) is 0. The number of aryl methyl sites for hydroxylation is 1. The van der Waals surface area contributed by atoms with E-state index in [9.17, 15) is 8.42 Å². The van der Waals surface area contributed by atoms with Crippen molar-refractivity contribution >= 4 is 21.6 Å². The van der Waals surface area contributed by atoms with Gasteiger partial charge in [0.15, 0.2) is 0 Å². The highest BCUT2D eigenvalue weighted by Gasteiger charge is 2.22. The van der Waals surface area contributed by atoms with Crippen molar-refractivity contribution in [1.82, 2.24) is 9.62 Å². The van der Waals surface area contributed by atoms with Gasteiger partial charge in [0.2, 0.25) is 10.0 Å². The van der Waals surface area contributed by atoms with Gasteiger partial charge < -0.3 is 4.74 Å². The standard InChI is InChI=1S/C20H25ClN2O3S/c1-16-8-9-18(21)14-20(16)27(24,25)22-10-5-11-23-12-13-26-19(15-23)17-6-3-2-4-7-17/h2-4,6-9,14,19,22H,5,10-13,15H2,1H3/t19-/m1/s1. The van der Waals surface area contributed by atoms with Crippen LogP contribution in [0.3, 0.4) is 0 Å². The lowest BCUT2D eigenvalue weighted by atomic mass is 10.1. The van der Waals surface area contributed by atoms with E-state index in [0.29, 0.717) is 23.7 Å². The molecule has 3 rings (SSSR count). The van der Waals surface area contributed by atoms with Crippen LogP contribution in [0, 0.1) is 6.92 Å². The van der Waals surface area contributed by atoms with Gasteiger partial charge in [0.1, 0.15) is 0 Å². The third kappa shape index (κ3) is 5.53. The van der Waals surface area contributed by atoms with Gasteiger partial charge in [-0.2, -0.15) is 0 Å². The summed E-state index contributed by atoms with van der Waals surface area (Å²) in [5.41, 5.74) is 1.87. The summed E-state index contributed by atoms with van der Waals surface area (Å²) in [5, 5.41) is 0.418. The Balaban J connectivity index is 1.49. The van der Waals surface area contributed by atoms with E-state index in [1.807, 2.05) is 18.2 Å². The second-order valence-electron chi connectivity index (χ2n) is 6.73. The molecule has 1 N–H and O–H groups in total. The second-order valence-corrected chi connectivity index (χ2v) is 8.90. The molecule has 7 heteroatoms. The number of nitrogens with zero attached hydrogens (tertiary/aromatic N) is 1. The number of nitrogens with one attached hydrogen (secondary N) is 1. The van der Waals surface area contributed by atoms with Gasteiger partial charge in [0, 0.05) is 24.7 Å². The van der Waals surface area contributed by atoms with E-state index >= 15 is 0 Å². The zero-order valence-corrected chi connectivity index (χ0v) is 17.0. The van der Waals surface area contributed by atoms with Gasteiger partial charge in [0.25, 0.3) is 0 Å². The topological polar surface area (TPSA) is 58.6 Å². The monoisotopic (exact) mass is 408 g/mol. The van der Waals surface area contributed by atoms with Crippen LogP contribution < -0.4 is 4.72 Å². The van der Waals surface area contributed by atoms with Crippen LogP contribution in [0.4, 0.5) is 0 Å². The number of benzene rings is 2. The molecule has 146 valence electrons. The molecule has 1 aliphatic heterocycles. The number of ether oxygens (including phenoxy) is 1. The number of hydrogen-bond donors (Lipinski definition) is 1. The maximum Gasteiger partial charge on any atom is 0.240 e. The van der Waals surface area contributed by atoms with Gasteiger partial charge in [-0.25, -0.2) is 13.1 Å². The van der Waals surface area contributed by atoms with Crippen molar-refractivity contribution in [1.29, 1.82) is 0 Å². The Morgan fingerprint density at radius 1 is 1.22 bits per heavy atom. The fraction of sp³-hybridized carbons (Fsp3) is 0.400. The Bertz CT molecular complexity index is 859. The number of rotatable bonds is 7. The van der Waals surface area contributed by atoms with E-state index in [2.05, 4.69) is 21.8 Å². The highest BCUT2D eigenvalue weighted by molar-refractivity contribution is 7.89. The lowest BCUT2D eigenvalue weighted by Crippen LogP contribution is -2.39. The molecule has 0 aliphatic carbocycles. The minimum Gasteiger partial charge on any atom is -0.371 e. The number of halogens is 1. The SMILES string of the molecule is Cc1ccc(Cl)cc1S(=O)(=O)NCCCN1CCO[C@@H](c2ccccc2)C1. The van der Waals surface area contributed by atoms with Crippen LogP contribution in [0.15, 0.2) is 53.4 Å². The van der Waals surface area contributed by atoms with Crippen molar-refractivity contribution in [2.24, 2.45) is 0 Å². The molecule has 1 fully saturated rings. The minimum absolute atomic E-state index is 0.0748. The van der Waals surface area contributed by atoms with Gasteiger partial charge in [-0.3, -0.25) is 4.90 Å². The molecule has 1 saturated heterocycles. The van der Waals surface area contributed by atoms with Gasteiger partial charge >= 0.3 is 0 Å². The molecule has 2 aromatic carbocycles. The Morgan fingerprint density at radius 3 is 2.78 bits per heavy atom. The number of morpholine rings is 1. The van der Waals surface area contributed by atoms with Crippen molar-refractivity contribution in [3.8, 4) is 0 Å². The van der Waals surface area contributed by atoms with Crippen molar-refractivity contribution in [3.63, 3.8) is 0 Å².